The Hall–Kier alpha value is -7.18. The fraction of sp³-hybridized carbons (Fsp3) is 0.350. The highest BCUT2D eigenvalue weighted by molar-refractivity contribution is 5.95. The third kappa shape index (κ3) is 7.27. The van der Waals surface area contributed by atoms with E-state index >= 15 is 8.78 Å². The molecule has 0 bridgehead atoms. The summed E-state index contributed by atoms with van der Waals surface area (Å²) in [4.78, 5) is 53.6. The van der Waals surface area contributed by atoms with Crippen molar-refractivity contribution in [3.05, 3.63) is 81.4 Å². The summed E-state index contributed by atoms with van der Waals surface area (Å²) in [7, 11) is 2.85. The van der Waals surface area contributed by atoms with E-state index < -0.39 is 123 Å². The van der Waals surface area contributed by atoms with Crippen molar-refractivity contribution in [2.24, 2.45) is 5.73 Å². The summed E-state index contributed by atoms with van der Waals surface area (Å²) in [5.41, 5.74) is -9.91. The van der Waals surface area contributed by atoms with Crippen LogP contribution in [-0.2, 0) is 21.9 Å². The predicted molar refractivity (Wildman–Crippen MR) is 199 cm³/mol. The van der Waals surface area contributed by atoms with Gasteiger partial charge in [-0.2, -0.15) is 36.5 Å². The summed E-state index contributed by atoms with van der Waals surface area (Å²) < 4.78 is 133. The smallest absolute Gasteiger partial charge is 0.420 e. The van der Waals surface area contributed by atoms with Gasteiger partial charge in [-0.15, -0.1) is 0 Å². The first kappa shape index (κ1) is 43.5. The second-order valence-electron chi connectivity index (χ2n) is 15.1. The van der Waals surface area contributed by atoms with Crippen LogP contribution in [0.25, 0.3) is 11.4 Å². The highest BCUT2D eigenvalue weighted by atomic mass is 19.4. The molecule has 2 unspecified atom stereocenters. The summed E-state index contributed by atoms with van der Waals surface area (Å²) in [6.45, 7) is -0.712. The molecule has 2 saturated heterocycles. The highest BCUT2D eigenvalue weighted by Crippen LogP contribution is 2.46. The van der Waals surface area contributed by atoms with Gasteiger partial charge in [0.15, 0.2) is 23.7 Å². The van der Waals surface area contributed by atoms with Crippen molar-refractivity contribution in [2.75, 3.05) is 33.8 Å². The zero-order chi connectivity index (χ0) is 46.4. The van der Waals surface area contributed by atoms with Crippen LogP contribution in [0.3, 0.4) is 0 Å². The highest BCUT2D eigenvalue weighted by Gasteiger charge is 2.50. The largest absolute Gasteiger partial charge is 0.488 e. The van der Waals surface area contributed by atoms with E-state index in [-0.39, 0.29) is 47.5 Å². The van der Waals surface area contributed by atoms with Crippen LogP contribution in [0.1, 0.15) is 79.8 Å². The molecule has 0 saturated carbocycles. The average molecular weight is 903 g/mol. The van der Waals surface area contributed by atoms with Crippen molar-refractivity contribution >= 4 is 23.6 Å². The zero-order valence-electron chi connectivity index (χ0n) is 32.9. The summed E-state index contributed by atoms with van der Waals surface area (Å²) in [6.07, 6.45) is -19.8. The first-order valence-corrected chi connectivity index (χ1v) is 18.8. The number of benzene rings is 2. The van der Waals surface area contributed by atoms with Crippen molar-refractivity contribution in [3.8, 4) is 46.6 Å². The first-order chi connectivity index (χ1) is 29.9. The van der Waals surface area contributed by atoms with Crippen LogP contribution in [0.4, 0.5) is 35.1 Å². The molecule has 0 aliphatic carbocycles. The lowest BCUT2D eigenvalue weighted by molar-refractivity contribution is -0.140. The second kappa shape index (κ2) is 15.0. The number of rotatable bonds is 3. The standard InChI is InChI=1S/C40H30F8N8O8/c1-53-13-11-37(61,35(53)59)9-7-18-3-5-23-21(15-18)55-30(20(41)17-63-23)26(40(46,47)48)29(52-55)33(58)50-34-27(42)31-25(39(43,44)45)28(32(49)57)51-56(31)22-16-19(4-6-24(22)64-34)8-10-38(62)12-14-54(2)36(38)60/h3-6,15-16,20,27,34,61-62H,11-14,17H2,1-2H3,(H2,49,57)(H,50,58)/t20-,27?,34?,37-,38-/m0/s1. The molecule has 4 amide bonds. The number of aromatic nitrogens is 4. The molecule has 0 spiro atoms. The molecule has 5 N–H and O–H groups in total. The number of nitrogens with zero attached hydrogens (tertiary/aromatic N) is 6. The molecule has 5 atom stereocenters. The Morgan fingerprint density at radius 3 is 1.78 bits per heavy atom. The van der Waals surface area contributed by atoms with E-state index in [2.05, 4.69) is 33.9 Å². The number of ether oxygens (including phenoxy) is 2. The van der Waals surface area contributed by atoms with Gasteiger partial charge < -0.3 is 40.5 Å². The number of likely N-dealkylation sites (N-methyl/N-ethyl adjacent to an activating group) is 2. The molecule has 8 rings (SSSR count). The maximum absolute atomic E-state index is 16.8. The second-order valence-corrected chi connectivity index (χ2v) is 15.1. The molecule has 4 aliphatic heterocycles. The van der Waals surface area contributed by atoms with Gasteiger partial charge in [-0.3, -0.25) is 19.2 Å². The number of nitrogens with one attached hydrogen (secondary N) is 1. The number of primary amides is 1. The number of fused-ring (bicyclic) bond motifs is 6. The topological polar surface area (TPSA) is 207 Å². The van der Waals surface area contributed by atoms with Crippen LogP contribution >= 0.6 is 0 Å². The van der Waals surface area contributed by atoms with Crippen molar-refractivity contribution < 1.29 is 74.0 Å². The maximum atomic E-state index is 16.8. The minimum atomic E-state index is -5.57. The quantitative estimate of drug-likeness (QED) is 0.175. The van der Waals surface area contributed by atoms with Crippen molar-refractivity contribution in [2.45, 2.75) is 55.0 Å². The number of hydrogen-bond donors (Lipinski definition) is 4. The molecule has 4 aliphatic rings. The molecule has 6 heterocycles. The van der Waals surface area contributed by atoms with E-state index in [1.54, 1.807) is 5.32 Å². The molecule has 334 valence electrons. The predicted octanol–water partition coefficient (Wildman–Crippen LogP) is 2.65. The molecule has 2 fully saturated rings. The number of carbonyl (C=O) groups excluding carboxylic acids is 4. The van der Waals surface area contributed by atoms with E-state index in [9.17, 15) is 55.7 Å². The SMILES string of the molecule is CN1CC[C@@](O)(C#Cc2ccc3c(c2)-n2nc(C(N)=O)c(C(F)(F)F)c2C(F)C(NC(=O)c2nn4c(c2C(F)(F)F)[C@@H](F)COc2ccc(C#C[C@]5(O)CCN(C)C5=O)cc2-4)O3)C1=O. The van der Waals surface area contributed by atoms with Crippen LogP contribution in [0.5, 0.6) is 11.5 Å². The lowest BCUT2D eigenvalue weighted by Crippen LogP contribution is -2.43. The monoisotopic (exact) mass is 902 g/mol. The fourth-order valence-electron chi connectivity index (χ4n) is 7.58. The van der Waals surface area contributed by atoms with Crippen LogP contribution in [0, 0.1) is 23.7 Å². The first-order valence-electron chi connectivity index (χ1n) is 18.8. The van der Waals surface area contributed by atoms with Gasteiger partial charge in [-0.1, -0.05) is 23.7 Å². The number of carbonyl (C=O) groups is 4. The molecule has 2 aromatic carbocycles. The Kier molecular flexibility index (Phi) is 10.2. The molecular weight excluding hydrogens is 872 g/mol. The van der Waals surface area contributed by atoms with Gasteiger partial charge in [0, 0.05) is 51.2 Å². The van der Waals surface area contributed by atoms with E-state index in [1.807, 2.05) is 0 Å². The van der Waals surface area contributed by atoms with Gasteiger partial charge in [0.2, 0.25) is 17.4 Å². The van der Waals surface area contributed by atoms with Crippen LogP contribution < -0.4 is 20.5 Å². The Bertz CT molecular complexity index is 2820. The number of amides is 4. The molecule has 4 aromatic rings. The van der Waals surface area contributed by atoms with Gasteiger partial charge in [0.05, 0.1) is 11.4 Å². The minimum absolute atomic E-state index is 0.0284. The van der Waals surface area contributed by atoms with Crippen molar-refractivity contribution in [1.82, 2.24) is 34.7 Å². The lowest BCUT2D eigenvalue weighted by atomic mass is 10.0. The van der Waals surface area contributed by atoms with Gasteiger partial charge in [-0.05, 0) is 36.4 Å². The van der Waals surface area contributed by atoms with Gasteiger partial charge in [0.25, 0.3) is 23.6 Å². The van der Waals surface area contributed by atoms with Crippen LogP contribution in [0.2, 0.25) is 0 Å². The summed E-state index contributed by atoms with van der Waals surface area (Å²) in [6, 6.07) is 6.67. The van der Waals surface area contributed by atoms with Gasteiger partial charge >= 0.3 is 12.4 Å². The van der Waals surface area contributed by atoms with E-state index in [4.69, 9.17) is 15.2 Å². The van der Waals surface area contributed by atoms with E-state index in [1.165, 1.54) is 36.0 Å². The number of nitrogens with two attached hydrogens (primary N) is 1. The zero-order valence-corrected chi connectivity index (χ0v) is 32.9. The number of aliphatic hydroxyl groups is 2. The summed E-state index contributed by atoms with van der Waals surface area (Å²) >= 11 is 0. The Balaban J connectivity index is 1.22. The van der Waals surface area contributed by atoms with Crippen molar-refractivity contribution in [1.29, 1.82) is 0 Å². The average Bonchev–Trinajstić information content (AvgIpc) is 3.94. The van der Waals surface area contributed by atoms with Gasteiger partial charge in [-0.25, -0.2) is 18.1 Å². The lowest BCUT2D eigenvalue weighted by Gasteiger charge is -2.22. The number of halogens is 8. The molecule has 64 heavy (non-hydrogen) atoms. The Morgan fingerprint density at radius 1 is 0.797 bits per heavy atom. The normalized spacial score (nSPS) is 23.8. The number of hydrogen-bond acceptors (Lipinski definition) is 10. The molecule has 24 heteroatoms. The van der Waals surface area contributed by atoms with Crippen LogP contribution in [-0.4, -0.2) is 114 Å². The third-order valence-electron chi connectivity index (χ3n) is 10.8. The number of likely N-dealkylation sites (tertiary alicyclic amines) is 2. The molecule has 16 nitrogen and oxygen atoms in total. The minimum Gasteiger partial charge on any atom is -0.488 e. The molecular formula is C40H30F8N8O8. The van der Waals surface area contributed by atoms with Gasteiger partial charge in [0.1, 0.15) is 40.6 Å². The van der Waals surface area contributed by atoms with E-state index in [0.29, 0.717) is 4.68 Å². The van der Waals surface area contributed by atoms with Crippen molar-refractivity contribution in [3.63, 3.8) is 0 Å². The molecule has 0 radical (unpaired) electrons. The fourth-order valence-corrected chi connectivity index (χ4v) is 7.58. The van der Waals surface area contributed by atoms with E-state index in [0.717, 1.165) is 24.3 Å². The molecule has 2 aromatic heterocycles. The van der Waals surface area contributed by atoms with Crippen LogP contribution in [0.15, 0.2) is 36.4 Å². The maximum Gasteiger partial charge on any atom is 0.420 e. The Labute approximate surface area is 354 Å². The summed E-state index contributed by atoms with van der Waals surface area (Å²) in [5, 5.41) is 30.7. The summed E-state index contributed by atoms with van der Waals surface area (Å²) in [5.74, 6) is 3.91. The number of alkyl halides is 8. The Morgan fingerprint density at radius 2 is 1.28 bits per heavy atom. The third-order valence-corrected chi connectivity index (χ3v) is 10.8.